The number of halogens is 3. The Labute approximate surface area is 152 Å². The molecule has 26 heavy (non-hydrogen) atoms. The Balaban J connectivity index is 1.99. The lowest BCUT2D eigenvalue weighted by Crippen LogP contribution is -2.46. The van der Waals surface area contributed by atoms with E-state index in [0.29, 0.717) is 31.2 Å². The molecule has 1 aromatic heterocycles. The average molecular weight is 374 g/mol. The van der Waals surface area contributed by atoms with Gasteiger partial charge in [-0.2, -0.15) is 13.2 Å². The van der Waals surface area contributed by atoms with Gasteiger partial charge in [-0.3, -0.25) is 0 Å². The third-order valence-electron chi connectivity index (χ3n) is 4.49. The number of guanidine groups is 1. The summed E-state index contributed by atoms with van der Waals surface area (Å²) in [6.07, 6.45) is -0.861. The first-order valence-electron chi connectivity index (χ1n) is 9.16. The standard InChI is InChI=1S/C18H29F3N4O/c1-5-22-16(24-11-15-23-10-14(26-15)17(2,3)4)25-13-8-6-7-12(9-13)18(19,20)21/h10,12-13H,5-9,11H2,1-4H3,(H2,22,24,25). The molecule has 5 nitrogen and oxygen atoms in total. The van der Waals surface area contributed by atoms with E-state index in [1.165, 1.54) is 0 Å². The van der Waals surface area contributed by atoms with E-state index in [4.69, 9.17) is 4.42 Å². The number of hydrogen-bond acceptors (Lipinski definition) is 3. The van der Waals surface area contributed by atoms with Crippen LogP contribution in [0.4, 0.5) is 13.2 Å². The topological polar surface area (TPSA) is 62.5 Å². The van der Waals surface area contributed by atoms with Gasteiger partial charge in [-0.1, -0.05) is 27.2 Å². The predicted molar refractivity (Wildman–Crippen MR) is 95.0 cm³/mol. The fourth-order valence-corrected chi connectivity index (χ4v) is 3.01. The van der Waals surface area contributed by atoms with Gasteiger partial charge in [0.15, 0.2) is 5.96 Å². The second-order valence-corrected chi connectivity index (χ2v) is 7.81. The summed E-state index contributed by atoms with van der Waals surface area (Å²) in [5.41, 5.74) is -0.133. The first-order chi connectivity index (χ1) is 12.1. The van der Waals surface area contributed by atoms with Crippen molar-refractivity contribution < 1.29 is 17.6 Å². The quantitative estimate of drug-likeness (QED) is 0.614. The molecule has 1 aliphatic rings. The van der Waals surface area contributed by atoms with Crippen LogP contribution in [0.25, 0.3) is 0 Å². The van der Waals surface area contributed by atoms with Gasteiger partial charge in [0.05, 0.1) is 12.1 Å². The molecule has 0 aromatic carbocycles. The van der Waals surface area contributed by atoms with Gasteiger partial charge >= 0.3 is 6.18 Å². The molecular formula is C18H29F3N4O. The number of hydrogen-bond donors (Lipinski definition) is 2. The summed E-state index contributed by atoms with van der Waals surface area (Å²) in [6.45, 7) is 8.88. The van der Waals surface area contributed by atoms with Crippen molar-refractivity contribution in [1.82, 2.24) is 15.6 Å². The van der Waals surface area contributed by atoms with Crippen LogP contribution in [0, 0.1) is 5.92 Å². The van der Waals surface area contributed by atoms with Crippen LogP contribution in [0.1, 0.15) is 65.0 Å². The van der Waals surface area contributed by atoms with Crippen molar-refractivity contribution in [3.8, 4) is 0 Å². The number of rotatable bonds is 4. The molecule has 1 fully saturated rings. The molecule has 1 aromatic rings. The van der Waals surface area contributed by atoms with E-state index in [9.17, 15) is 13.2 Å². The lowest BCUT2D eigenvalue weighted by atomic mass is 9.85. The van der Waals surface area contributed by atoms with Crippen molar-refractivity contribution in [1.29, 1.82) is 0 Å². The van der Waals surface area contributed by atoms with E-state index in [1.807, 2.05) is 27.7 Å². The second kappa shape index (κ2) is 8.31. The molecular weight excluding hydrogens is 345 g/mol. The summed E-state index contributed by atoms with van der Waals surface area (Å²) in [4.78, 5) is 8.65. The van der Waals surface area contributed by atoms with E-state index in [2.05, 4.69) is 20.6 Å². The van der Waals surface area contributed by atoms with Crippen LogP contribution < -0.4 is 10.6 Å². The zero-order valence-electron chi connectivity index (χ0n) is 15.9. The monoisotopic (exact) mass is 374 g/mol. The molecule has 0 bridgehead atoms. The average Bonchev–Trinajstić information content (AvgIpc) is 3.01. The van der Waals surface area contributed by atoms with Crippen molar-refractivity contribution in [2.75, 3.05) is 6.54 Å². The zero-order chi connectivity index (χ0) is 19.4. The molecule has 2 rings (SSSR count). The maximum Gasteiger partial charge on any atom is 0.391 e. The van der Waals surface area contributed by atoms with Gasteiger partial charge in [0.1, 0.15) is 12.3 Å². The molecule has 8 heteroatoms. The van der Waals surface area contributed by atoms with Crippen LogP contribution in [-0.4, -0.2) is 29.7 Å². The fourth-order valence-electron chi connectivity index (χ4n) is 3.01. The van der Waals surface area contributed by atoms with E-state index in [0.717, 1.165) is 5.76 Å². The van der Waals surface area contributed by atoms with Gasteiger partial charge in [0.2, 0.25) is 5.89 Å². The highest BCUT2D eigenvalue weighted by atomic mass is 19.4. The van der Waals surface area contributed by atoms with Crippen molar-refractivity contribution >= 4 is 5.96 Å². The number of nitrogens with one attached hydrogen (secondary N) is 2. The minimum atomic E-state index is -4.13. The summed E-state index contributed by atoms with van der Waals surface area (Å²) < 4.78 is 44.6. The SMILES string of the molecule is CCNC(=NCc1ncc(C(C)(C)C)o1)NC1CCCC(C(F)(F)F)C1. The molecule has 0 saturated heterocycles. The lowest BCUT2D eigenvalue weighted by molar-refractivity contribution is -0.183. The molecule has 1 heterocycles. The van der Waals surface area contributed by atoms with E-state index in [1.54, 1.807) is 6.20 Å². The van der Waals surface area contributed by atoms with Crippen LogP contribution in [0.2, 0.25) is 0 Å². The maximum atomic E-state index is 13.0. The molecule has 2 atom stereocenters. The van der Waals surface area contributed by atoms with Gasteiger partial charge < -0.3 is 15.1 Å². The van der Waals surface area contributed by atoms with Crippen LogP contribution in [0.5, 0.6) is 0 Å². The van der Waals surface area contributed by atoms with E-state index >= 15 is 0 Å². The van der Waals surface area contributed by atoms with Gasteiger partial charge in [0, 0.05) is 18.0 Å². The summed E-state index contributed by atoms with van der Waals surface area (Å²) >= 11 is 0. The zero-order valence-corrected chi connectivity index (χ0v) is 15.9. The van der Waals surface area contributed by atoms with Crippen molar-refractivity contribution in [2.45, 2.75) is 77.6 Å². The third-order valence-corrected chi connectivity index (χ3v) is 4.49. The Morgan fingerprint density at radius 1 is 1.31 bits per heavy atom. The highest BCUT2D eigenvalue weighted by Gasteiger charge is 2.42. The first-order valence-corrected chi connectivity index (χ1v) is 9.16. The van der Waals surface area contributed by atoms with Crippen molar-refractivity contribution in [3.05, 3.63) is 17.8 Å². The fraction of sp³-hybridized carbons (Fsp3) is 0.778. The maximum absolute atomic E-state index is 13.0. The van der Waals surface area contributed by atoms with Gasteiger partial charge in [-0.25, -0.2) is 9.98 Å². The minimum absolute atomic E-state index is 0.0844. The van der Waals surface area contributed by atoms with E-state index in [-0.39, 0.29) is 30.8 Å². The molecule has 0 radical (unpaired) electrons. The minimum Gasteiger partial charge on any atom is -0.443 e. The highest BCUT2D eigenvalue weighted by molar-refractivity contribution is 5.80. The number of nitrogens with zero attached hydrogens (tertiary/aromatic N) is 2. The molecule has 2 unspecified atom stereocenters. The largest absolute Gasteiger partial charge is 0.443 e. The first kappa shape index (κ1) is 20.6. The van der Waals surface area contributed by atoms with Gasteiger partial charge in [-0.15, -0.1) is 0 Å². The number of aromatic nitrogens is 1. The van der Waals surface area contributed by atoms with Crippen molar-refractivity contribution in [2.24, 2.45) is 10.9 Å². The van der Waals surface area contributed by atoms with Crippen LogP contribution >= 0.6 is 0 Å². The molecule has 1 aliphatic carbocycles. The van der Waals surface area contributed by atoms with Gasteiger partial charge in [0.25, 0.3) is 0 Å². The number of aliphatic imine (C=N–C) groups is 1. The highest BCUT2D eigenvalue weighted by Crippen LogP contribution is 2.37. The van der Waals surface area contributed by atoms with Crippen LogP contribution in [0.3, 0.4) is 0 Å². The molecule has 0 amide bonds. The van der Waals surface area contributed by atoms with E-state index < -0.39 is 12.1 Å². The van der Waals surface area contributed by atoms with Crippen LogP contribution in [0.15, 0.2) is 15.6 Å². The Morgan fingerprint density at radius 2 is 2.04 bits per heavy atom. The normalized spacial score (nSPS) is 22.3. The Morgan fingerprint density at radius 3 is 2.62 bits per heavy atom. The molecule has 0 spiro atoms. The molecule has 0 aliphatic heterocycles. The smallest absolute Gasteiger partial charge is 0.391 e. The Kier molecular flexibility index (Phi) is 6.58. The van der Waals surface area contributed by atoms with Crippen LogP contribution in [-0.2, 0) is 12.0 Å². The molecule has 2 N–H and O–H groups in total. The summed E-state index contributed by atoms with van der Waals surface area (Å²) in [5.74, 6) is 0.526. The third kappa shape index (κ3) is 5.92. The Hall–Kier alpha value is -1.73. The lowest BCUT2D eigenvalue weighted by Gasteiger charge is -2.31. The van der Waals surface area contributed by atoms with Gasteiger partial charge in [-0.05, 0) is 26.2 Å². The number of oxazole rings is 1. The molecule has 1 saturated carbocycles. The Bertz CT molecular complexity index is 604. The molecule has 148 valence electrons. The second-order valence-electron chi connectivity index (χ2n) is 7.81. The van der Waals surface area contributed by atoms with Crippen molar-refractivity contribution in [3.63, 3.8) is 0 Å². The summed E-state index contributed by atoms with van der Waals surface area (Å²) in [5, 5.41) is 6.21. The number of alkyl halides is 3. The summed E-state index contributed by atoms with van der Waals surface area (Å²) in [6, 6.07) is -0.233. The predicted octanol–water partition coefficient (Wildman–Crippen LogP) is 4.15. The summed E-state index contributed by atoms with van der Waals surface area (Å²) in [7, 11) is 0.